The predicted molar refractivity (Wildman–Crippen MR) is 119 cm³/mol. The highest BCUT2D eigenvalue weighted by Gasteiger charge is 2.21. The first-order chi connectivity index (χ1) is 15.7. The molecule has 0 aliphatic rings. The van der Waals surface area contributed by atoms with E-state index in [0.29, 0.717) is 10.1 Å². The average molecular weight is 454 g/mol. The molecule has 3 rings (SSSR count). The minimum Gasteiger partial charge on any atom is -0.466 e. The summed E-state index contributed by atoms with van der Waals surface area (Å²) in [5, 5.41) is 13.7. The fourth-order valence-corrected chi connectivity index (χ4v) is 3.46. The third kappa shape index (κ3) is 5.14. The third-order valence-corrected chi connectivity index (χ3v) is 5.06. The van der Waals surface area contributed by atoms with Crippen molar-refractivity contribution in [3.63, 3.8) is 0 Å². The van der Waals surface area contributed by atoms with E-state index in [1.807, 2.05) is 0 Å². The van der Waals surface area contributed by atoms with Crippen molar-refractivity contribution in [2.45, 2.75) is 25.9 Å². The minimum atomic E-state index is -0.825. The molecule has 3 aromatic rings. The smallest absolute Gasteiger partial charge is 0.331 e. The molecule has 0 saturated heterocycles. The van der Waals surface area contributed by atoms with E-state index < -0.39 is 40.6 Å². The van der Waals surface area contributed by atoms with Crippen molar-refractivity contribution in [2.24, 2.45) is 7.05 Å². The number of benzene rings is 2. The number of rotatable bonds is 8. The van der Waals surface area contributed by atoms with Crippen LogP contribution in [0.4, 0.5) is 5.69 Å². The quantitative estimate of drug-likeness (QED) is 0.308. The van der Waals surface area contributed by atoms with Crippen LogP contribution in [0.1, 0.15) is 24.9 Å². The van der Waals surface area contributed by atoms with E-state index in [2.05, 4.69) is 5.32 Å². The average Bonchev–Trinajstić information content (AvgIpc) is 2.80. The highest BCUT2D eigenvalue weighted by Crippen LogP contribution is 2.18. The summed E-state index contributed by atoms with van der Waals surface area (Å²) in [6, 6.07) is 11.6. The number of nitro groups is 1. The van der Waals surface area contributed by atoms with E-state index in [1.165, 1.54) is 19.2 Å². The van der Waals surface area contributed by atoms with Gasteiger partial charge in [-0.25, -0.2) is 4.79 Å². The Hall–Kier alpha value is -4.28. The van der Waals surface area contributed by atoms with Gasteiger partial charge in [0.2, 0.25) is 5.91 Å². The molecule has 11 heteroatoms. The first kappa shape index (κ1) is 23.4. The zero-order chi connectivity index (χ0) is 24.1. The van der Waals surface area contributed by atoms with Crippen LogP contribution >= 0.6 is 0 Å². The molecule has 1 atom stereocenters. The summed E-state index contributed by atoms with van der Waals surface area (Å²) in [6.07, 6.45) is -0.138. The molecular formula is C22H22N4O7. The number of fused-ring (bicyclic) bond motifs is 1. The normalized spacial score (nSPS) is 11.7. The Labute approximate surface area is 187 Å². The van der Waals surface area contributed by atoms with Gasteiger partial charge in [0.15, 0.2) is 0 Å². The Morgan fingerprint density at radius 2 is 1.85 bits per heavy atom. The Balaban J connectivity index is 1.94. The van der Waals surface area contributed by atoms with Crippen molar-refractivity contribution in [1.29, 1.82) is 0 Å². The summed E-state index contributed by atoms with van der Waals surface area (Å²) in [5.74, 6) is -1.20. The maximum absolute atomic E-state index is 12.9. The minimum absolute atomic E-state index is 0.0646. The maximum Gasteiger partial charge on any atom is 0.331 e. The Morgan fingerprint density at radius 3 is 2.48 bits per heavy atom. The largest absolute Gasteiger partial charge is 0.466 e. The van der Waals surface area contributed by atoms with Crippen molar-refractivity contribution in [2.75, 3.05) is 6.61 Å². The molecule has 172 valence electrons. The fraction of sp³-hybridized carbons (Fsp3) is 0.273. The predicted octanol–water partition coefficient (Wildman–Crippen LogP) is 1.42. The fourth-order valence-electron chi connectivity index (χ4n) is 3.46. The molecule has 0 bridgehead atoms. The molecule has 0 fully saturated rings. The van der Waals surface area contributed by atoms with Gasteiger partial charge in [-0.05, 0) is 18.6 Å². The van der Waals surface area contributed by atoms with Gasteiger partial charge in [0.25, 0.3) is 11.2 Å². The van der Waals surface area contributed by atoms with E-state index >= 15 is 0 Å². The lowest BCUT2D eigenvalue weighted by molar-refractivity contribution is -0.384. The van der Waals surface area contributed by atoms with Crippen LogP contribution in [0.5, 0.6) is 0 Å². The highest BCUT2D eigenvalue weighted by molar-refractivity contribution is 5.82. The van der Waals surface area contributed by atoms with Gasteiger partial charge >= 0.3 is 11.7 Å². The number of ether oxygens (including phenoxy) is 1. The van der Waals surface area contributed by atoms with Crippen LogP contribution in [0, 0.1) is 10.1 Å². The van der Waals surface area contributed by atoms with Crippen LogP contribution in [0.3, 0.4) is 0 Å². The molecule has 1 N–H and O–H groups in total. The van der Waals surface area contributed by atoms with Crippen LogP contribution in [-0.4, -0.2) is 32.5 Å². The molecule has 0 aliphatic carbocycles. The zero-order valence-electron chi connectivity index (χ0n) is 18.0. The number of nitro benzene ring substituents is 1. The number of aryl methyl sites for hydroxylation is 1. The van der Waals surface area contributed by atoms with Crippen LogP contribution < -0.4 is 16.6 Å². The lowest BCUT2D eigenvalue weighted by Gasteiger charge is -2.19. The summed E-state index contributed by atoms with van der Waals surface area (Å²) in [5.41, 5.74) is -1.04. The summed E-state index contributed by atoms with van der Waals surface area (Å²) in [7, 11) is 1.40. The second-order valence-corrected chi connectivity index (χ2v) is 7.23. The van der Waals surface area contributed by atoms with Crippen LogP contribution in [-0.2, 0) is 27.9 Å². The van der Waals surface area contributed by atoms with Crippen molar-refractivity contribution >= 4 is 28.5 Å². The monoisotopic (exact) mass is 454 g/mol. The van der Waals surface area contributed by atoms with Crippen LogP contribution in [0.2, 0.25) is 0 Å². The van der Waals surface area contributed by atoms with E-state index in [1.54, 1.807) is 37.3 Å². The van der Waals surface area contributed by atoms with E-state index in [9.17, 15) is 29.3 Å². The van der Waals surface area contributed by atoms with Gasteiger partial charge in [-0.15, -0.1) is 0 Å². The highest BCUT2D eigenvalue weighted by atomic mass is 16.6. The molecule has 2 aromatic carbocycles. The van der Waals surface area contributed by atoms with Gasteiger partial charge in [-0.2, -0.15) is 0 Å². The Morgan fingerprint density at radius 1 is 1.15 bits per heavy atom. The van der Waals surface area contributed by atoms with Gasteiger partial charge in [0.1, 0.15) is 6.54 Å². The van der Waals surface area contributed by atoms with E-state index in [-0.39, 0.29) is 29.6 Å². The summed E-state index contributed by atoms with van der Waals surface area (Å²) in [6.45, 7) is 1.22. The molecule has 0 unspecified atom stereocenters. The Kier molecular flexibility index (Phi) is 7.01. The maximum atomic E-state index is 12.9. The molecular weight excluding hydrogens is 432 g/mol. The number of non-ortho nitro benzene ring substituents is 1. The number of hydrogen-bond acceptors (Lipinski definition) is 7. The number of hydrogen-bond donors (Lipinski definition) is 1. The van der Waals surface area contributed by atoms with Gasteiger partial charge in [-0.3, -0.25) is 33.6 Å². The first-order valence-corrected chi connectivity index (χ1v) is 10.1. The number of esters is 1. The number of nitrogens with one attached hydrogen (secondary N) is 1. The number of carbonyl (C=O) groups is 2. The molecule has 1 heterocycles. The molecule has 11 nitrogen and oxygen atoms in total. The summed E-state index contributed by atoms with van der Waals surface area (Å²) >= 11 is 0. The Bertz CT molecular complexity index is 1330. The number of aromatic nitrogens is 2. The van der Waals surface area contributed by atoms with Crippen LogP contribution in [0.15, 0.2) is 58.1 Å². The summed E-state index contributed by atoms with van der Waals surface area (Å²) < 4.78 is 6.81. The first-order valence-electron chi connectivity index (χ1n) is 10.1. The number of carbonyl (C=O) groups excluding carboxylic acids is 2. The molecule has 33 heavy (non-hydrogen) atoms. The van der Waals surface area contributed by atoms with Gasteiger partial charge in [0.05, 0.1) is 34.9 Å². The van der Waals surface area contributed by atoms with Gasteiger partial charge < -0.3 is 10.1 Å². The lowest BCUT2D eigenvalue weighted by atomic mass is 10.0. The molecule has 0 aliphatic heterocycles. The molecule has 0 spiro atoms. The van der Waals surface area contributed by atoms with Crippen molar-refractivity contribution in [1.82, 2.24) is 14.5 Å². The van der Waals surface area contributed by atoms with E-state index in [0.717, 1.165) is 10.6 Å². The molecule has 0 radical (unpaired) electrons. The lowest BCUT2D eigenvalue weighted by Crippen LogP contribution is -2.44. The third-order valence-electron chi connectivity index (χ3n) is 5.06. The number of nitrogens with zero attached hydrogens (tertiary/aromatic N) is 3. The van der Waals surface area contributed by atoms with Gasteiger partial charge in [0, 0.05) is 19.2 Å². The molecule has 0 saturated carbocycles. The zero-order valence-corrected chi connectivity index (χ0v) is 18.0. The van der Waals surface area contributed by atoms with Crippen molar-refractivity contribution in [3.8, 4) is 0 Å². The SMILES string of the molecule is CCOC(=O)C[C@H](NC(=O)Cn1c(=O)c2cc([N+](=O)[O-])ccc2n(C)c1=O)c1ccccc1. The van der Waals surface area contributed by atoms with Crippen LogP contribution in [0.25, 0.3) is 10.9 Å². The molecule has 1 aromatic heterocycles. The van der Waals surface area contributed by atoms with Crippen molar-refractivity contribution < 1.29 is 19.2 Å². The second-order valence-electron chi connectivity index (χ2n) is 7.23. The number of amides is 1. The second kappa shape index (κ2) is 9.90. The summed E-state index contributed by atoms with van der Waals surface area (Å²) in [4.78, 5) is 60.9. The standard InChI is InChI=1S/C22H22N4O7/c1-3-33-20(28)12-17(14-7-5-4-6-8-14)23-19(27)13-25-21(29)16-11-15(26(31)32)9-10-18(16)24(2)22(25)30/h4-11,17H,3,12-13H2,1-2H3,(H,23,27)/t17-/m0/s1. The van der Waals surface area contributed by atoms with Crippen molar-refractivity contribution in [3.05, 3.63) is 85.0 Å². The topological polar surface area (TPSA) is 143 Å². The molecule has 1 amide bonds. The van der Waals surface area contributed by atoms with Gasteiger partial charge in [-0.1, -0.05) is 30.3 Å². The van der Waals surface area contributed by atoms with E-state index in [4.69, 9.17) is 4.74 Å².